The van der Waals surface area contributed by atoms with Gasteiger partial charge in [0.1, 0.15) is 5.82 Å². The number of benzene rings is 1. The molecule has 0 saturated heterocycles. The van der Waals surface area contributed by atoms with E-state index in [0.717, 1.165) is 21.6 Å². The third-order valence-corrected chi connectivity index (χ3v) is 5.33. The Hall–Kier alpha value is -1.31. The van der Waals surface area contributed by atoms with Crippen LogP contribution in [0.3, 0.4) is 0 Å². The molecular formula is C13H15FN2O2S2. The average Bonchev–Trinajstić information content (AvgIpc) is 2.69. The maximum absolute atomic E-state index is 13.2. The van der Waals surface area contributed by atoms with E-state index in [2.05, 4.69) is 9.71 Å². The fourth-order valence-corrected chi connectivity index (χ4v) is 3.81. The number of hydrogen-bond acceptors (Lipinski definition) is 4. The molecule has 1 heterocycles. The van der Waals surface area contributed by atoms with Gasteiger partial charge in [-0.3, -0.25) is 0 Å². The lowest BCUT2D eigenvalue weighted by Crippen LogP contribution is -2.23. The number of aromatic nitrogens is 1. The third-order valence-electron chi connectivity index (χ3n) is 2.86. The molecule has 0 fully saturated rings. The lowest BCUT2D eigenvalue weighted by atomic mass is 10.2. The summed E-state index contributed by atoms with van der Waals surface area (Å²) in [5, 5.41) is 0.898. The Balaban J connectivity index is 2.19. The second-order valence-corrected chi connectivity index (χ2v) is 7.53. The Morgan fingerprint density at radius 3 is 2.55 bits per heavy atom. The topological polar surface area (TPSA) is 59.1 Å². The summed E-state index contributed by atoms with van der Waals surface area (Å²) in [4.78, 5) is 5.19. The molecule has 1 aromatic heterocycles. The Labute approximate surface area is 121 Å². The molecule has 1 N–H and O–H groups in total. The van der Waals surface area contributed by atoms with Crippen LogP contribution in [0.4, 0.5) is 4.39 Å². The van der Waals surface area contributed by atoms with Gasteiger partial charge in [-0.05, 0) is 44.5 Å². The van der Waals surface area contributed by atoms with E-state index >= 15 is 0 Å². The highest BCUT2D eigenvalue weighted by Crippen LogP contribution is 2.19. The molecule has 7 heteroatoms. The Bertz CT molecular complexity index is 739. The minimum absolute atomic E-state index is 0.0651. The lowest BCUT2D eigenvalue weighted by Gasteiger charge is -2.07. The summed E-state index contributed by atoms with van der Waals surface area (Å²) in [6, 6.07) is 3.74. The van der Waals surface area contributed by atoms with Crippen molar-refractivity contribution in [3.8, 4) is 0 Å². The van der Waals surface area contributed by atoms with E-state index in [9.17, 15) is 12.8 Å². The minimum atomic E-state index is -3.64. The predicted molar refractivity (Wildman–Crippen MR) is 76.8 cm³/mol. The van der Waals surface area contributed by atoms with Gasteiger partial charge in [0.15, 0.2) is 0 Å². The molecule has 4 nitrogen and oxygen atoms in total. The summed E-state index contributed by atoms with van der Waals surface area (Å²) in [7, 11) is -3.64. The number of hydrogen-bond donors (Lipinski definition) is 1. The van der Waals surface area contributed by atoms with Gasteiger partial charge in [0.25, 0.3) is 0 Å². The van der Waals surface area contributed by atoms with E-state index in [-0.39, 0.29) is 11.4 Å². The molecule has 0 aliphatic rings. The largest absolute Gasteiger partial charge is 0.247 e. The van der Waals surface area contributed by atoms with Gasteiger partial charge < -0.3 is 0 Å². The molecule has 2 rings (SSSR count). The summed E-state index contributed by atoms with van der Waals surface area (Å²) >= 11 is 1.46. The van der Waals surface area contributed by atoms with E-state index in [1.807, 2.05) is 13.8 Å². The first-order valence-electron chi connectivity index (χ1n) is 5.98. The van der Waals surface area contributed by atoms with E-state index in [1.54, 1.807) is 0 Å². The van der Waals surface area contributed by atoms with Crippen molar-refractivity contribution in [2.75, 3.05) is 0 Å². The zero-order valence-corrected chi connectivity index (χ0v) is 13.0. The number of rotatable bonds is 4. The highest BCUT2D eigenvalue weighted by atomic mass is 32.2. The van der Waals surface area contributed by atoms with Crippen LogP contribution in [-0.2, 0) is 16.6 Å². The standard InChI is InChI=1S/C13H15FN2O2S2/c1-8-6-11(4-5-12(8)14)20(17,18)15-7-13-9(2)16-10(3)19-13/h4-6,15H,7H2,1-3H3. The smallest absolute Gasteiger partial charge is 0.240 e. The van der Waals surface area contributed by atoms with Gasteiger partial charge in [0.05, 0.1) is 15.6 Å². The first-order valence-corrected chi connectivity index (χ1v) is 8.28. The SMILES string of the molecule is Cc1nc(C)c(CNS(=O)(=O)c2ccc(F)c(C)c2)s1. The van der Waals surface area contributed by atoms with Crippen molar-refractivity contribution in [2.24, 2.45) is 0 Å². The zero-order valence-electron chi connectivity index (χ0n) is 11.4. The molecule has 108 valence electrons. The maximum Gasteiger partial charge on any atom is 0.240 e. The summed E-state index contributed by atoms with van der Waals surface area (Å²) in [5.41, 5.74) is 1.13. The van der Waals surface area contributed by atoms with Crippen molar-refractivity contribution in [1.29, 1.82) is 0 Å². The normalized spacial score (nSPS) is 11.8. The van der Waals surface area contributed by atoms with Gasteiger partial charge in [0.2, 0.25) is 10.0 Å². The van der Waals surface area contributed by atoms with Crippen LogP contribution in [-0.4, -0.2) is 13.4 Å². The summed E-state index contributed by atoms with van der Waals surface area (Å²) in [6.45, 7) is 5.44. The van der Waals surface area contributed by atoms with Crippen molar-refractivity contribution in [3.05, 3.63) is 45.2 Å². The molecule has 20 heavy (non-hydrogen) atoms. The van der Waals surface area contributed by atoms with Crippen LogP contribution in [0.2, 0.25) is 0 Å². The second kappa shape index (κ2) is 5.59. The molecule has 0 aliphatic heterocycles. The van der Waals surface area contributed by atoms with Gasteiger partial charge in [0, 0.05) is 11.4 Å². The molecule has 0 bridgehead atoms. The van der Waals surface area contributed by atoms with Gasteiger partial charge in [-0.25, -0.2) is 22.5 Å². The van der Waals surface area contributed by atoms with Crippen LogP contribution in [0.1, 0.15) is 21.1 Å². The molecule has 0 radical (unpaired) electrons. The minimum Gasteiger partial charge on any atom is -0.247 e. The molecule has 0 unspecified atom stereocenters. The Morgan fingerprint density at radius 2 is 2.00 bits per heavy atom. The first kappa shape index (κ1) is 15.1. The molecule has 0 amide bonds. The summed E-state index contributed by atoms with van der Waals surface area (Å²) in [5.74, 6) is -0.419. The molecule has 2 aromatic rings. The monoisotopic (exact) mass is 314 g/mol. The average molecular weight is 314 g/mol. The van der Waals surface area contributed by atoms with Crippen LogP contribution in [0.5, 0.6) is 0 Å². The van der Waals surface area contributed by atoms with Gasteiger partial charge in [-0.15, -0.1) is 11.3 Å². The number of nitrogens with zero attached hydrogens (tertiary/aromatic N) is 1. The molecular weight excluding hydrogens is 299 g/mol. The molecule has 0 atom stereocenters. The van der Waals surface area contributed by atoms with E-state index in [4.69, 9.17) is 0 Å². The number of thiazole rings is 1. The third kappa shape index (κ3) is 3.23. The zero-order chi connectivity index (χ0) is 14.9. The van der Waals surface area contributed by atoms with Crippen molar-refractivity contribution < 1.29 is 12.8 Å². The van der Waals surface area contributed by atoms with Crippen molar-refractivity contribution >= 4 is 21.4 Å². The van der Waals surface area contributed by atoms with Crippen LogP contribution in [0.25, 0.3) is 0 Å². The summed E-state index contributed by atoms with van der Waals surface area (Å²) < 4.78 is 40.0. The number of sulfonamides is 1. The Morgan fingerprint density at radius 1 is 1.30 bits per heavy atom. The molecule has 1 aromatic carbocycles. The number of aryl methyl sites for hydroxylation is 3. The molecule has 0 saturated carbocycles. The summed E-state index contributed by atoms with van der Waals surface area (Å²) in [6.07, 6.45) is 0. The fourth-order valence-electron chi connectivity index (χ4n) is 1.77. The predicted octanol–water partition coefficient (Wildman–Crippen LogP) is 2.69. The first-order chi connectivity index (χ1) is 9.29. The number of halogens is 1. The van der Waals surface area contributed by atoms with Crippen LogP contribution < -0.4 is 4.72 Å². The quantitative estimate of drug-likeness (QED) is 0.944. The van der Waals surface area contributed by atoms with Crippen molar-refractivity contribution in [3.63, 3.8) is 0 Å². The van der Waals surface area contributed by atoms with Gasteiger partial charge >= 0.3 is 0 Å². The maximum atomic E-state index is 13.2. The molecule has 0 spiro atoms. The fraction of sp³-hybridized carbons (Fsp3) is 0.308. The van der Waals surface area contributed by atoms with E-state index < -0.39 is 15.8 Å². The highest BCUT2D eigenvalue weighted by Gasteiger charge is 2.16. The van der Waals surface area contributed by atoms with E-state index in [0.29, 0.717) is 5.56 Å². The molecule has 0 aliphatic carbocycles. The lowest BCUT2D eigenvalue weighted by molar-refractivity contribution is 0.580. The van der Waals surface area contributed by atoms with Gasteiger partial charge in [-0.2, -0.15) is 0 Å². The van der Waals surface area contributed by atoms with Crippen LogP contribution in [0.15, 0.2) is 23.1 Å². The second-order valence-electron chi connectivity index (χ2n) is 4.48. The van der Waals surface area contributed by atoms with Crippen LogP contribution >= 0.6 is 11.3 Å². The van der Waals surface area contributed by atoms with Crippen molar-refractivity contribution in [1.82, 2.24) is 9.71 Å². The van der Waals surface area contributed by atoms with Crippen molar-refractivity contribution in [2.45, 2.75) is 32.2 Å². The van der Waals surface area contributed by atoms with Crippen LogP contribution in [0, 0.1) is 26.6 Å². The highest BCUT2D eigenvalue weighted by molar-refractivity contribution is 7.89. The van der Waals surface area contributed by atoms with Gasteiger partial charge in [-0.1, -0.05) is 0 Å². The van der Waals surface area contributed by atoms with E-state index in [1.165, 1.54) is 30.4 Å². The number of nitrogens with one attached hydrogen (secondary N) is 1. The Kier molecular flexibility index (Phi) is 4.22.